The maximum absolute atomic E-state index is 12.9. The summed E-state index contributed by atoms with van der Waals surface area (Å²) in [5.74, 6) is -1.69. The van der Waals surface area contributed by atoms with Crippen molar-refractivity contribution in [3.63, 3.8) is 0 Å². The van der Waals surface area contributed by atoms with Gasteiger partial charge in [0.1, 0.15) is 5.82 Å². The quantitative estimate of drug-likeness (QED) is 0.882. The molecule has 0 aliphatic heterocycles. The molecule has 6 heteroatoms. The van der Waals surface area contributed by atoms with E-state index in [-0.39, 0.29) is 5.56 Å². The first-order valence-corrected chi connectivity index (χ1v) is 6.40. The van der Waals surface area contributed by atoms with Crippen molar-refractivity contribution >= 4 is 29.2 Å². The molecule has 0 bridgehead atoms. The van der Waals surface area contributed by atoms with Crippen molar-refractivity contribution in [1.29, 1.82) is 0 Å². The highest BCUT2D eigenvalue weighted by Gasteiger charge is 2.10. The fraction of sp³-hybridized carbons (Fsp3) is 0.0667. The molecule has 0 aliphatic rings. The number of hydrogen-bond acceptors (Lipinski definition) is 3. The van der Waals surface area contributed by atoms with E-state index in [2.05, 4.69) is 5.32 Å². The standard InChI is InChI=1S/C15H11ClFNO3/c16-11-4-1-3-10(7-11)15(20)21-9-14(19)18-13-6-2-5-12(17)8-13/h1-8H,9H2,(H,18,19). The molecule has 0 radical (unpaired) electrons. The van der Waals surface area contributed by atoms with Crippen LogP contribution in [0.25, 0.3) is 0 Å². The van der Waals surface area contributed by atoms with Gasteiger partial charge in [-0.1, -0.05) is 23.7 Å². The minimum atomic E-state index is -0.660. The molecule has 0 aromatic heterocycles. The number of carbonyl (C=O) groups excluding carboxylic acids is 2. The number of amides is 1. The summed E-state index contributed by atoms with van der Waals surface area (Å²) in [6, 6.07) is 11.6. The molecule has 2 rings (SSSR count). The van der Waals surface area contributed by atoms with E-state index in [9.17, 15) is 14.0 Å². The molecule has 0 unspecified atom stereocenters. The second kappa shape index (κ2) is 6.85. The third-order valence-corrected chi connectivity index (χ3v) is 2.74. The summed E-state index contributed by atoms with van der Waals surface area (Å²) < 4.78 is 17.8. The van der Waals surface area contributed by atoms with Crippen molar-refractivity contribution in [2.24, 2.45) is 0 Å². The molecule has 4 nitrogen and oxygen atoms in total. The van der Waals surface area contributed by atoms with Crippen LogP contribution < -0.4 is 5.32 Å². The Labute approximate surface area is 125 Å². The molecule has 0 saturated heterocycles. The Hall–Kier alpha value is -2.40. The zero-order valence-corrected chi connectivity index (χ0v) is 11.6. The fourth-order valence-corrected chi connectivity index (χ4v) is 1.78. The molecule has 108 valence electrons. The van der Waals surface area contributed by atoms with E-state index < -0.39 is 24.3 Å². The highest BCUT2D eigenvalue weighted by atomic mass is 35.5. The van der Waals surface area contributed by atoms with Crippen LogP contribution >= 0.6 is 11.6 Å². The van der Waals surface area contributed by atoms with E-state index in [0.29, 0.717) is 10.7 Å². The average molecular weight is 308 g/mol. The summed E-state index contributed by atoms with van der Waals surface area (Å²) in [7, 11) is 0. The van der Waals surface area contributed by atoms with Gasteiger partial charge in [0.2, 0.25) is 0 Å². The van der Waals surface area contributed by atoms with Crippen LogP contribution in [0.15, 0.2) is 48.5 Å². The minimum Gasteiger partial charge on any atom is -0.452 e. The van der Waals surface area contributed by atoms with Gasteiger partial charge in [0, 0.05) is 10.7 Å². The Kier molecular flexibility index (Phi) is 4.90. The minimum absolute atomic E-state index is 0.251. The zero-order valence-electron chi connectivity index (χ0n) is 10.8. The third-order valence-electron chi connectivity index (χ3n) is 2.50. The Bertz CT molecular complexity index is 675. The Morgan fingerprint density at radius 2 is 1.90 bits per heavy atom. The van der Waals surface area contributed by atoms with Crippen LogP contribution in [0.1, 0.15) is 10.4 Å². The fourth-order valence-electron chi connectivity index (χ4n) is 1.59. The van der Waals surface area contributed by atoms with Gasteiger partial charge in [-0.2, -0.15) is 0 Å². The molecular formula is C15H11ClFNO3. The van der Waals surface area contributed by atoms with Crippen LogP contribution in [0.2, 0.25) is 5.02 Å². The predicted molar refractivity (Wildman–Crippen MR) is 76.8 cm³/mol. The number of hydrogen-bond donors (Lipinski definition) is 1. The molecule has 1 N–H and O–H groups in total. The summed E-state index contributed by atoms with van der Waals surface area (Å²) in [5, 5.41) is 2.82. The van der Waals surface area contributed by atoms with Gasteiger partial charge in [-0.15, -0.1) is 0 Å². The predicted octanol–water partition coefficient (Wildman–Crippen LogP) is 3.27. The molecule has 2 aromatic rings. The lowest BCUT2D eigenvalue weighted by Gasteiger charge is -2.07. The van der Waals surface area contributed by atoms with Crippen LogP contribution in [-0.4, -0.2) is 18.5 Å². The first kappa shape index (κ1) is 15.0. The highest BCUT2D eigenvalue weighted by molar-refractivity contribution is 6.30. The van der Waals surface area contributed by atoms with Crippen molar-refractivity contribution in [2.45, 2.75) is 0 Å². The topological polar surface area (TPSA) is 55.4 Å². The van der Waals surface area contributed by atoms with Gasteiger partial charge in [0.15, 0.2) is 6.61 Å². The maximum atomic E-state index is 12.9. The number of carbonyl (C=O) groups is 2. The zero-order chi connectivity index (χ0) is 15.2. The Balaban J connectivity index is 1.88. The normalized spacial score (nSPS) is 10.0. The summed E-state index contributed by atoms with van der Waals surface area (Å²) in [4.78, 5) is 23.3. The lowest BCUT2D eigenvalue weighted by molar-refractivity contribution is -0.119. The number of halogens is 2. The maximum Gasteiger partial charge on any atom is 0.338 e. The third kappa shape index (κ3) is 4.57. The molecule has 0 spiro atoms. The van der Waals surface area contributed by atoms with Crippen LogP contribution in [0.4, 0.5) is 10.1 Å². The molecule has 0 aliphatic carbocycles. The molecule has 21 heavy (non-hydrogen) atoms. The molecule has 0 atom stereocenters. The van der Waals surface area contributed by atoms with Gasteiger partial charge < -0.3 is 10.1 Å². The van der Waals surface area contributed by atoms with E-state index in [4.69, 9.17) is 16.3 Å². The molecular weight excluding hydrogens is 297 g/mol. The second-order valence-electron chi connectivity index (χ2n) is 4.15. The first-order valence-electron chi connectivity index (χ1n) is 6.03. The van der Waals surface area contributed by atoms with Crippen molar-refractivity contribution in [2.75, 3.05) is 11.9 Å². The number of esters is 1. The molecule has 0 fully saturated rings. The van der Waals surface area contributed by atoms with Crippen LogP contribution in [0.5, 0.6) is 0 Å². The molecule has 0 saturated carbocycles. The summed E-state index contributed by atoms with van der Waals surface area (Å²) in [6.07, 6.45) is 0. The van der Waals surface area contributed by atoms with E-state index in [1.54, 1.807) is 12.1 Å². The molecule has 1 amide bonds. The van der Waals surface area contributed by atoms with E-state index in [1.807, 2.05) is 0 Å². The Morgan fingerprint density at radius 3 is 2.62 bits per heavy atom. The van der Waals surface area contributed by atoms with Crippen LogP contribution in [-0.2, 0) is 9.53 Å². The summed E-state index contributed by atoms with van der Waals surface area (Å²) in [5.41, 5.74) is 0.542. The van der Waals surface area contributed by atoms with Gasteiger partial charge in [-0.3, -0.25) is 4.79 Å². The van der Waals surface area contributed by atoms with Crippen LogP contribution in [0.3, 0.4) is 0 Å². The largest absolute Gasteiger partial charge is 0.452 e. The van der Waals surface area contributed by atoms with Crippen molar-refractivity contribution in [3.05, 3.63) is 64.9 Å². The SMILES string of the molecule is O=C(COC(=O)c1cccc(Cl)c1)Nc1cccc(F)c1. The Morgan fingerprint density at radius 1 is 1.14 bits per heavy atom. The second-order valence-corrected chi connectivity index (χ2v) is 4.58. The molecule has 2 aromatic carbocycles. The number of benzene rings is 2. The van der Waals surface area contributed by atoms with E-state index in [0.717, 1.165) is 6.07 Å². The number of anilines is 1. The first-order chi connectivity index (χ1) is 10.0. The average Bonchev–Trinajstić information content (AvgIpc) is 2.45. The van der Waals surface area contributed by atoms with Gasteiger partial charge in [0.05, 0.1) is 5.56 Å². The van der Waals surface area contributed by atoms with Gasteiger partial charge >= 0.3 is 5.97 Å². The highest BCUT2D eigenvalue weighted by Crippen LogP contribution is 2.12. The van der Waals surface area contributed by atoms with Crippen molar-refractivity contribution < 1.29 is 18.7 Å². The monoisotopic (exact) mass is 307 g/mol. The summed E-state index contributed by atoms with van der Waals surface area (Å²) in [6.45, 7) is -0.470. The lowest BCUT2D eigenvalue weighted by Crippen LogP contribution is -2.20. The number of ether oxygens (including phenoxy) is 1. The van der Waals surface area contributed by atoms with Crippen molar-refractivity contribution in [3.8, 4) is 0 Å². The molecule has 0 heterocycles. The van der Waals surface area contributed by atoms with Gasteiger partial charge in [-0.25, -0.2) is 9.18 Å². The van der Waals surface area contributed by atoms with Gasteiger partial charge in [0.25, 0.3) is 5.91 Å². The van der Waals surface area contributed by atoms with E-state index in [1.165, 1.54) is 30.3 Å². The van der Waals surface area contributed by atoms with Crippen LogP contribution in [0, 0.1) is 5.82 Å². The lowest BCUT2D eigenvalue weighted by atomic mass is 10.2. The summed E-state index contributed by atoms with van der Waals surface area (Å²) >= 11 is 5.75. The van der Waals surface area contributed by atoms with Gasteiger partial charge in [-0.05, 0) is 36.4 Å². The van der Waals surface area contributed by atoms with Crippen molar-refractivity contribution in [1.82, 2.24) is 0 Å². The smallest absolute Gasteiger partial charge is 0.338 e. The number of nitrogens with one attached hydrogen (secondary N) is 1. The number of rotatable bonds is 4. The van der Waals surface area contributed by atoms with E-state index >= 15 is 0 Å².